The van der Waals surface area contributed by atoms with E-state index in [1.54, 1.807) is 0 Å². The molecule has 2 aliphatic rings. The first-order chi connectivity index (χ1) is 12.8. The van der Waals surface area contributed by atoms with E-state index in [0.29, 0.717) is 17.6 Å². The van der Waals surface area contributed by atoms with Gasteiger partial charge < -0.3 is 10.2 Å². The number of rotatable bonds is 4. The Balaban J connectivity index is 1.65. The van der Waals surface area contributed by atoms with Crippen LogP contribution in [0.3, 0.4) is 0 Å². The SMILES string of the molecule is O=C(c1cc(NC2CCCCC2)nc(-c2ccccc2)n1)N1CCCC1. The van der Waals surface area contributed by atoms with Crippen molar-refractivity contribution >= 4 is 11.7 Å². The van der Waals surface area contributed by atoms with Gasteiger partial charge in [-0.15, -0.1) is 0 Å². The number of carbonyl (C=O) groups excluding carboxylic acids is 1. The van der Waals surface area contributed by atoms with Crippen LogP contribution in [0, 0.1) is 0 Å². The number of likely N-dealkylation sites (tertiary alicyclic amines) is 1. The average molecular weight is 350 g/mol. The summed E-state index contributed by atoms with van der Waals surface area (Å²) in [5.74, 6) is 1.41. The molecule has 2 aromatic rings. The smallest absolute Gasteiger partial charge is 0.272 e. The molecule has 26 heavy (non-hydrogen) atoms. The molecule has 0 spiro atoms. The highest BCUT2D eigenvalue weighted by Gasteiger charge is 2.23. The van der Waals surface area contributed by atoms with E-state index in [0.717, 1.165) is 37.3 Å². The quantitative estimate of drug-likeness (QED) is 0.901. The van der Waals surface area contributed by atoms with E-state index in [1.165, 1.54) is 32.1 Å². The number of nitrogens with zero attached hydrogens (tertiary/aromatic N) is 3. The molecule has 0 radical (unpaired) electrons. The molecule has 2 heterocycles. The highest BCUT2D eigenvalue weighted by molar-refractivity contribution is 5.93. The van der Waals surface area contributed by atoms with Gasteiger partial charge in [0.05, 0.1) is 0 Å². The van der Waals surface area contributed by atoms with Gasteiger partial charge in [-0.1, -0.05) is 49.6 Å². The van der Waals surface area contributed by atoms with Crippen molar-refractivity contribution in [3.8, 4) is 11.4 Å². The second kappa shape index (κ2) is 7.85. The molecule has 0 unspecified atom stereocenters. The molecule has 0 bridgehead atoms. The van der Waals surface area contributed by atoms with E-state index < -0.39 is 0 Å². The molecular weight excluding hydrogens is 324 g/mol. The number of hydrogen-bond acceptors (Lipinski definition) is 4. The zero-order chi connectivity index (χ0) is 17.8. The van der Waals surface area contributed by atoms with Gasteiger partial charge in [-0.3, -0.25) is 4.79 Å². The van der Waals surface area contributed by atoms with Crippen molar-refractivity contribution in [1.82, 2.24) is 14.9 Å². The zero-order valence-corrected chi connectivity index (χ0v) is 15.2. The van der Waals surface area contributed by atoms with Gasteiger partial charge in [-0.2, -0.15) is 0 Å². The number of amides is 1. The maximum absolute atomic E-state index is 12.9. The molecule has 0 atom stereocenters. The predicted octanol–water partition coefficient (Wildman–Crippen LogP) is 4.12. The monoisotopic (exact) mass is 350 g/mol. The van der Waals surface area contributed by atoms with Crippen molar-refractivity contribution in [3.05, 3.63) is 42.1 Å². The Labute approximate surface area is 154 Å². The minimum atomic E-state index is 0.0220. The highest BCUT2D eigenvalue weighted by Crippen LogP contribution is 2.24. The normalized spacial score (nSPS) is 18.1. The summed E-state index contributed by atoms with van der Waals surface area (Å²) in [6, 6.07) is 12.2. The second-order valence-electron chi connectivity index (χ2n) is 7.31. The van der Waals surface area contributed by atoms with Crippen molar-refractivity contribution in [2.45, 2.75) is 51.0 Å². The van der Waals surface area contributed by atoms with Gasteiger partial charge in [0.15, 0.2) is 5.82 Å². The molecule has 1 aliphatic carbocycles. The van der Waals surface area contributed by atoms with Crippen LogP contribution in [-0.4, -0.2) is 39.9 Å². The van der Waals surface area contributed by atoms with Crippen molar-refractivity contribution in [1.29, 1.82) is 0 Å². The van der Waals surface area contributed by atoms with Crippen molar-refractivity contribution < 1.29 is 4.79 Å². The Morgan fingerprint density at radius 3 is 2.42 bits per heavy atom. The van der Waals surface area contributed by atoms with Gasteiger partial charge in [0, 0.05) is 30.8 Å². The van der Waals surface area contributed by atoms with E-state index in [4.69, 9.17) is 4.98 Å². The first-order valence-corrected chi connectivity index (χ1v) is 9.80. The fourth-order valence-corrected chi connectivity index (χ4v) is 3.89. The van der Waals surface area contributed by atoms with Crippen LogP contribution in [0.15, 0.2) is 36.4 Å². The number of nitrogens with one attached hydrogen (secondary N) is 1. The molecule has 1 saturated heterocycles. The first-order valence-electron chi connectivity index (χ1n) is 9.80. The third-order valence-electron chi connectivity index (χ3n) is 5.33. The van der Waals surface area contributed by atoms with Gasteiger partial charge >= 0.3 is 0 Å². The van der Waals surface area contributed by atoms with E-state index >= 15 is 0 Å². The lowest BCUT2D eigenvalue weighted by molar-refractivity contribution is 0.0787. The molecule has 1 saturated carbocycles. The van der Waals surface area contributed by atoms with Gasteiger partial charge in [0.2, 0.25) is 0 Å². The molecule has 2 fully saturated rings. The number of carbonyl (C=O) groups is 1. The van der Waals surface area contributed by atoms with Gasteiger partial charge in [-0.05, 0) is 25.7 Å². The summed E-state index contributed by atoms with van der Waals surface area (Å²) in [5.41, 5.74) is 1.44. The summed E-state index contributed by atoms with van der Waals surface area (Å²) < 4.78 is 0. The molecule has 5 nitrogen and oxygen atoms in total. The molecule has 1 amide bonds. The third-order valence-corrected chi connectivity index (χ3v) is 5.33. The maximum Gasteiger partial charge on any atom is 0.272 e. The Morgan fingerprint density at radius 1 is 0.962 bits per heavy atom. The second-order valence-corrected chi connectivity index (χ2v) is 7.31. The molecule has 1 aromatic heterocycles. The Hall–Kier alpha value is -2.43. The Morgan fingerprint density at radius 2 is 1.69 bits per heavy atom. The van der Waals surface area contributed by atoms with Crippen LogP contribution in [0.25, 0.3) is 11.4 Å². The van der Waals surface area contributed by atoms with Crippen LogP contribution in [-0.2, 0) is 0 Å². The lowest BCUT2D eigenvalue weighted by atomic mass is 9.95. The summed E-state index contributed by atoms with van der Waals surface area (Å²) in [6.07, 6.45) is 8.32. The lowest BCUT2D eigenvalue weighted by Crippen LogP contribution is -2.29. The third kappa shape index (κ3) is 3.87. The number of aromatic nitrogens is 2. The number of anilines is 1. The Kier molecular flexibility index (Phi) is 5.14. The minimum Gasteiger partial charge on any atom is -0.367 e. The van der Waals surface area contributed by atoms with Gasteiger partial charge in [-0.25, -0.2) is 9.97 Å². The standard InChI is InChI=1S/C21H26N4O/c26-21(25-13-7-8-14-25)18-15-19(22-17-11-5-2-6-12-17)24-20(23-18)16-9-3-1-4-10-16/h1,3-4,9-10,15,17H,2,5-8,11-14H2,(H,22,23,24). The van der Waals surface area contributed by atoms with Crippen LogP contribution in [0.4, 0.5) is 5.82 Å². The molecule has 4 rings (SSSR count). The van der Waals surface area contributed by atoms with E-state index in [2.05, 4.69) is 10.3 Å². The van der Waals surface area contributed by atoms with Crippen molar-refractivity contribution in [2.24, 2.45) is 0 Å². The lowest BCUT2D eigenvalue weighted by Gasteiger charge is -2.24. The molecule has 5 heteroatoms. The van der Waals surface area contributed by atoms with Gasteiger partial charge in [0.1, 0.15) is 11.5 Å². The van der Waals surface area contributed by atoms with Crippen molar-refractivity contribution in [2.75, 3.05) is 18.4 Å². The summed E-state index contributed by atoms with van der Waals surface area (Å²) in [5, 5.41) is 3.56. The maximum atomic E-state index is 12.9. The minimum absolute atomic E-state index is 0.0220. The Bertz CT molecular complexity index is 750. The fraction of sp³-hybridized carbons (Fsp3) is 0.476. The highest BCUT2D eigenvalue weighted by atomic mass is 16.2. The molecule has 1 N–H and O–H groups in total. The average Bonchev–Trinajstić information content (AvgIpc) is 3.23. The zero-order valence-electron chi connectivity index (χ0n) is 15.2. The molecule has 136 valence electrons. The summed E-state index contributed by atoms with van der Waals surface area (Å²) >= 11 is 0. The first kappa shape index (κ1) is 17.0. The summed E-state index contributed by atoms with van der Waals surface area (Å²) in [4.78, 5) is 24.1. The van der Waals surface area contributed by atoms with Gasteiger partial charge in [0.25, 0.3) is 5.91 Å². The number of hydrogen-bond donors (Lipinski definition) is 1. The van der Waals surface area contributed by atoms with Crippen LogP contribution in [0.1, 0.15) is 55.4 Å². The van der Waals surface area contributed by atoms with E-state index in [-0.39, 0.29) is 5.91 Å². The van der Waals surface area contributed by atoms with Crippen LogP contribution < -0.4 is 5.32 Å². The van der Waals surface area contributed by atoms with Crippen LogP contribution in [0.5, 0.6) is 0 Å². The van der Waals surface area contributed by atoms with Crippen LogP contribution in [0.2, 0.25) is 0 Å². The summed E-state index contributed by atoms with van der Waals surface area (Å²) in [6.45, 7) is 1.66. The van der Waals surface area contributed by atoms with E-state index in [9.17, 15) is 4.79 Å². The summed E-state index contributed by atoms with van der Waals surface area (Å²) in [7, 11) is 0. The van der Waals surface area contributed by atoms with E-state index in [1.807, 2.05) is 41.3 Å². The number of benzene rings is 1. The largest absolute Gasteiger partial charge is 0.367 e. The van der Waals surface area contributed by atoms with Crippen molar-refractivity contribution in [3.63, 3.8) is 0 Å². The van der Waals surface area contributed by atoms with Crippen LogP contribution >= 0.6 is 0 Å². The fourth-order valence-electron chi connectivity index (χ4n) is 3.89. The topological polar surface area (TPSA) is 58.1 Å². The molecule has 1 aromatic carbocycles. The predicted molar refractivity (Wildman–Crippen MR) is 103 cm³/mol. The molecular formula is C21H26N4O. The molecule has 1 aliphatic heterocycles.